The van der Waals surface area contributed by atoms with Crippen molar-refractivity contribution in [1.29, 1.82) is 0 Å². The van der Waals surface area contributed by atoms with Gasteiger partial charge in [-0.2, -0.15) is 0 Å². The third-order valence-electron chi connectivity index (χ3n) is 3.56. The summed E-state index contributed by atoms with van der Waals surface area (Å²) in [5.74, 6) is 0. The van der Waals surface area contributed by atoms with Crippen molar-refractivity contribution >= 4 is 11.7 Å². The normalized spacial score (nSPS) is 22.9. The highest BCUT2D eigenvalue weighted by atomic mass is 16.2. The molecule has 2 aliphatic rings. The maximum atomic E-state index is 11.7. The predicted molar refractivity (Wildman–Crippen MR) is 71.7 cm³/mol. The number of hydrogen-bond donors (Lipinski definition) is 2. The Balaban J connectivity index is 1.50. The number of anilines is 1. The molecule has 1 aliphatic heterocycles. The van der Waals surface area contributed by atoms with Gasteiger partial charge >= 0.3 is 6.03 Å². The second-order valence-electron chi connectivity index (χ2n) is 5.16. The minimum absolute atomic E-state index is 0.00240. The van der Waals surface area contributed by atoms with E-state index in [4.69, 9.17) is 0 Å². The van der Waals surface area contributed by atoms with Crippen LogP contribution in [0, 0.1) is 0 Å². The molecular formula is C14H19N3O. The van der Waals surface area contributed by atoms with Crippen molar-refractivity contribution in [3.05, 3.63) is 30.3 Å². The monoisotopic (exact) mass is 245 g/mol. The summed E-state index contributed by atoms with van der Waals surface area (Å²) in [6, 6.07) is 11.1. The van der Waals surface area contributed by atoms with E-state index in [0.717, 1.165) is 32.4 Å². The predicted octanol–water partition coefficient (Wildman–Crippen LogP) is 1.73. The van der Waals surface area contributed by atoms with Gasteiger partial charge in [-0.25, -0.2) is 4.79 Å². The number of para-hydroxylation sites is 1. The molecule has 1 saturated carbocycles. The van der Waals surface area contributed by atoms with Crippen LogP contribution in [0.1, 0.15) is 19.3 Å². The van der Waals surface area contributed by atoms with Crippen LogP contribution in [0.15, 0.2) is 30.3 Å². The highest BCUT2D eigenvalue weighted by molar-refractivity contribution is 5.75. The molecule has 0 radical (unpaired) electrons. The van der Waals surface area contributed by atoms with Gasteiger partial charge in [0.05, 0.1) is 0 Å². The molecule has 4 nitrogen and oxygen atoms in total. The molecule has 96 valence electrons. The summed E-state index contributed by atoms with van der Waals surface area (Å²) in [6.45, 7) is 1.92. The topological polar surface area (TPSA) is 44.4 Å². The molecule has 4 heteroatoms. The van der Waals surface area contributed by atoms with Gasteiger partial charge in [-0.1, -0.05) is 18.2 Å². The maximum Gasteiger partial charge on any atom is 0.315 e. The Hall–Kier alpha value is -1.71. The first-order valence-electron chi connectivity index (χ1n) is 6.68. The van der Waals surface area contributed by atoms with E-state index in [2.05, 4.69) is 39.8 Å². The summed E-state index contributed by atoms with van der Waals surface area (Å²) in [5.41, 5.74) is 1.24. The second kappa shape index (κ2) is 4.88. The van der Waals surface area contributed by atoms with Crippen molar-refractivity contribution in [2.45, 2.75) is 31.3 Å². The summed E-state index contributed by atoms with van der Waals surface area (Å²) in [5, 5.41) is 6.03. The Morgan fingerprint density at radius 1 is 1.06 bits per heavy atom. The summed E-state index contributed by atoms with van der Waals surface area (Å²) in [6.07, 6.45) is 3.29. The fraction of sp³-hybridized carbons (Fsp3) is 0.500. The van der Waals surface area contributed by atoms with Crippen LogP contribution >= 0.6 is 0 Å². The Morgan fingerprint density at radius 3 is 2.50 bits per heavy atom. The second-order valence-corrected chi connectivity index (χ2v) is 5.16. The van der Waals surface area contributed by atoms with Crippen LogP contribution in [0.5, 0.6) is 0 Å². The third kappa shape index (κ3) is 2.75. The third-order valence-corrected chi connectivity index (χ3v) is 3.56. The average Bonchev–Trinajstić information content (AvgIpc) is 3.06. The lowest BCUT2D eigenvalue weighted by molar-refractivity contribution is 0.237. The Labute approximate surface area is 107 Å². The van der Waals surface area contributed by atoms with Gasteiger partial charge in [0, 0.05) is 30.9 Å². The number of urea groups is 1. The fourth-order valence-corrected chi connectivity index (χ4v) is 2.39. The lowest BCUT2D eigenvalue weighted by atomic mass is 10.3. The van der Waals surface area contributed by atoms with Crippen LogP contribution in [0.25, 0.3) is 0 Å². The molecule has 3 rings (SSSR count). The number of nitrogens with zero attached hydrogens (tertiary/aromatic N) is 1. The van der Waals surface area contributed by atoms with Crippen molar-refractivity contribution < 1.29 is 4.79 Å². The molecule has 1 aromatic rings. The van der Waals surface area contributed by atoms with Crippen LogP contribution < -0.4 is 15.5 Å². The lowest BCUT2D eigenvalue weighted by Crippen LogP contribution is -2.44. The zero-order chi connectivity index (χ0) is 12.4. The molecule has 2 N–H and O–H groups in total. The number of carbonyl (C=O) groups excluding carboxylic acids is 1. The highest BCUT2D eigenvalue weighted by Crippen LogP contribution is 2.20. The molecule has 18 heavy (non-hydrogen) atoms. The summed E-state index contributed by atoms with van der Waals surface area (Å²) in [7, 11) is 0. The van der Waals surface area contributed by atoms with Crippen LogP contribution in [-0.4, -0.2) is 31.2 Å². The molecule has 0 bridgehead atoms. The van der Waals surface area contributed by atoms with Gasteiger partial charge in [0.25, 0.3) is 0 Å². The number of nitrogens with one attached hydrogen (secondary N) is 2. The zero-order valence-electron chi connectivity index (χ0n) is 10.4. The minimum Gasteiger partial charge on any atom is -0.369 e. The Morgan fingerprint density at radius 2 is 1.78 bits per heavy atom. The van der Waals surface area contributed by atoms with Gasteiger partial charge in [0.2, 0.25) is 0 Å². The van der Waals surface area contributed by atoms with Crippen molar-refractivity contribution in [2.24, 2.45) is 0 Å². The van der Waals surface area contributed by atoms with E-state index in [1.807, 2.05) is 6.07 Å². The molecular weight excluding hydrogens is 226 g/mol. The van der Waals surface area contributed by atoms with Crippen LogP contribution in [0.2, 0.25) is 0 Å². The van der Waals surface area contributed by atoms with Gasteiger partial charge in [-0.3, -0.25) is 0 Å². The molecule has 0 aromatic heterocycles. The van der Waals surface area contributed by atoms with Crippen molar-refractivity contribution in [3.8, 4) is 0 Å². The number of benzene rings is 1. The van der Waals surface area contributed by atoms with E-state index in [0.29, 0.717) is 6.04 Å². The number of rotatable bonds is 3. The zero-order valence-corrected chi connectivity index (χ0v) is 10.4. The molecule has 1 unspecified atom stereocenters. The van der Waals surface area contributed by atoms with Gasteiger partial charge in [0.15, 0.2) is 0 Å². The van der Waals surface area contributed by atoms with Crippen LogP contribution in [0.3, 0.4) is 0 Å². The SMILES string of the molecule is O=C(NC1CC1)NC1CCN(c2ccccc2)C1. The molecule has 1 heterocycles. The standard InChI is InChI=1S/C14H19N3O/c18-14(15-11-6-7-11)16-12-8-9-17(10-12)13-4-2-1-3-5-13/h1-5,11-12H,6-10H2,(H2,15,16,18). The summed E-state index contributed by atoms with van der Waals surface area (Å²) in [4.78, 5) is 14.0. The fourth-order valence-electron chi connectivity index (χ4n) is 2.39. The Bertz CT molecular complexity index is 416. The van der Waals surface area contributed by atoms with Gasteiger partial charge in [0.1, 0.15) is 0 Å². The molecule has 0 spiro atoms. The van der Waals surface area contributed by atoms with Crippen LogP contribution in [0.4, 0.5) is 10.5 Å². The van der Waals surface area contributed by atoms with E-state index in [-0.39, 0.29) is 12.1 Å². The van der Waals surface area contributed by atoms with Gasteiger partial charge < -0.3 is 15.5 Å². The van der Waals surface area contributed by atoms with Crippen molar-refractivity contribution in [2.75, 3.05) is 18.0 Å². The summed E-state index contributed by atoms with van der Waals surface area (Å²) >= 11 is 0. The van der Waals surface area contributed by atoms with Crippen molar-refractivity contribution in [3.63, 3.8) is 0 Å². The van der Waals surface area contributed by atoms with Crippen molar-refractivity contribution in [1.82, 2.24) is 10.6 Å². The Kier molecular flexibility index (Phi) is 3.09. The first-order valence-corrected chi connectivity index (χ1v) is 6.68. The minimum atomic E-state index is -0.00240. The van der Waals surface area contributed by atoms with E-state index >= 15 is 0 Å². The molecule has 1 aromatic carbocycles. The molecule has 2 amide bonds. The number of carbonyl (C=O) groups is 1. The number of amides is 2. The average molecular weight is 245 g/mol. The number of hydrogen-bond acceptors (Lipinski definition) is 2. The van der Waals surface area contributed by atoms with Gasteiger partial charge in [-0.05, 0) is 31.4 Å². The van der Waals surface area contributed by atoms with E-state index in [1.54, 1.807) is 0 Å². The molecule has 1 atom stereocenters. The maximum absolute atomic E-state index is 11.7. The van der Waals surface area contributed by atoms with Gasteiger partial charge in [-0.15, -0.1) is 0 Å². The van der Waals surface area contributed by atoms with E-state index in [9.17, 15) is 4.79 Å². The molecule has 1 saturated heterocycles. The first-order chi connectivity index (χ1) is 8.81. The molecule has 1 aliphatic carbocycles. The molecule has 2 fully saturated rings. The van der Waals surface area contributed by atoms with Crippen LogP contribution in [-0.2, 0) is 0 Å². The lowest BCUT2D eigenvalue weighted by Gasteiger charge is -2.19. The largest absolute Gasteiger partial charge is 0.369 e. The van der Waals surface area contributed by atoms with E-state index in [1.165, 1.54) is 5.69 Å². The highest BCUT2D eigenvalue weighted by Gasteiger charge is 2.27. The van der Waals surface area contributed by atoms with E-state index < -0.39 is 0 Å². The first kappa shape index (κ1) is 11.4. The summed E-state index contributed by atoms with van der Waals surface area (Å²) < 4.78 is 0. The quantitative estimate of drug-likeness (QED) is 0.851. The smallest absolute Gasteiger partial charge is 0.315 e.